The fraction of sp³-hybridized carbons (Fsp3) is 0.538. The second-order valence-corrected chi connectivity index (χ2v) is 6.51. The van der Waals surface area contributed by atoms with Gasteiger partial charge in [0.15, 0.2) is 0 Å². The highest BCUT2D eigenvalue weighted by Gasteiger charge is 2.20. The SMILES string of the molecule is COc1ccc(S(=O)(=O)NCC2CCCN2)c(C)c1.Cl. The summed E-state index contributed by atoms with van der Waals surface area (Å²) in [7, 11) is -1.89. The molecule has 1 aliphatic heterocycles. The maximum atomic E-state index is 12.2. The fourth-order valence-corrected chi connectivity index (χ4v) is 3.58. The summed E-state index contributed by atoms with van der Waals surface area (Å²) in [5.74, 6) is 0.661. The van der Waals surface area contributed by atoms with Gasteiger partial charge < -0.3 is 10.1 Å². The Morgan fingerprint density at radius 1 is 1.45 bits per heavy atom. The fourth-order valence-electron chi connectivity index (χ4n) is 2.27. The van der Waals surface area contributed by atoms with Gasteiger partial charge in [0.2, 0.25) is 10.0 Å². The second-order valence-electron chi connectivity index (χ2n) is 4.78. The molecule has 2 rings (SSSR count). The zero-order valence-corrected chi connectivity index (χ0v) is 13.3. The van der Waals surface area contributed by atoms with E-state index < -0.39 is 10.0 Å². The van der Waals surface area contributed by atoms with Crippen molar-refractivity contribution in [2.45, 2.75) is 30.7 Å². The Balaban J connectivity index is 0.00000200. The molecule has 0 aliphatic carbocycles. The van der Waals surface area contributed by atoms with E-state index in [1.807, 2.05) is 0 Å². The maximum absolute atomic E-state index is 12.2. The van der Waals surface area contributed by atoms with E-state index in [1.165, 1.54) is 0 Å². The van der Waals surface area contributed by atoms with Crippen molar-refractivity contribution in [3.05, 3.63) is 23.8 Å². The Kier molecular flexibility index (Phi) is 6.26. The van der Waals surface area contributed by atoms with Gasteiger partial charge in [0.05, 0.1) is 12.0 Å². The van der Waals surface area contributed by atoms with Gasteiger partial charge in [-0.25, -0.2) is 13.1 Å². The van der Waals surface area contributed by atoms with Crippen LogP contribution in [-0.4, -0.2) is 34.7 Å². The van der Waals surface area contributed by atoms with Crippen LogP contribution in [0.15, 0.2) is 23.1 Å². The van der Waals surface area contributed by atoms with E-state index in [0.29, 0.717) is 22.8 Å². The smallest absolute Gasteiger partial charge is 0.240 e. The van der Waals surface area contributed by atoms with Crippen molar-refractivity contribution in [2.75, 3.05) is 20.2 Å². The van der Waals surface area contributed by atoms with Gasteiger partial charge in [-0.1, -0.05) is 0 Å². The van der Waals surface area contributed by atoms with E-state index in [0.717, 1.165) is 19.4 Å². The molecule has 1 atom stereocenters. The van der Waals surface area contributed by atoms with Crippen molar-refractivity contribution in [2.24, 2.45) is 0 Å². The highest BCUT2D eigenvalue weighted by molar-refractivity contribution is 7.89. The third-order valence-electron chi connectivity index (χ3n) is 3.35. The Morgan fingerprint density at radius 3 is 2.75 bits per heavy atom. The number of ether oxygens (including phenoxy) is 1. The van der Waals surface area contributed by atoms with Crippen LogP contribution in [-0.2, 0) is 10.0 Å². The predicted molar refractivity (Wildman–Crippen MR) is 81.2 cm³/mol. The van der Waals surface area contributed by atoms with Gasteiger partial charge in [-0.2, -0.15) is 0 Å². The van der Waals surface area contributed by atoms with Crippen molar-refractivity contribution in [1.29, 1.82) is 0 Å². The quantitative estimate of drug-likeness (QED) is 0.862. The number of hydrogen-bond acceptors (Lipinski definition) is 4. The first-order valence-electron chi connectivity index (χ1n) is 6.40. The Hall–Kier alpha value is -0.820. The molecule has 0 saturated carbocycles. The van der Waals surface area contributed by atoms with Crippen LogP contribution in [0, 0.1) is 6.92 Å². The molecule has 1 unspecified atom stereocenters. The molecule has 1 aromatic carbocycles. The minimum Gasteiger partial charge on any atom is -0.497 e. The van der Waals surface area contributed by atoms with Crippen LogP contribution in [0.4, 0.5) is 0 Å². The zero-order chi connectivity index (χ0) is 13.9. The monoisotopic (exact) mass is 320 g/mol. The third kappa shape index (κ3) is 4.09. The van der Waals surface area contributed by atoms with Crippen LogP contribution in [0.5, 0.6) is 5.75 Å². The van der Waals surface area contributed by atoms with E-state index in [2.05, 4.69) is 10.0 Å². The van der Waals surface area contributed by atoms with Crippen molar-refractivity contribution in [1.82, 2.24) is 10.0 Å². The molecule has 1 aliphatic rings. The van der Waals surface area contributed by atoms with Crippen LogP contribution in [0.2, 0.25) is 0 Å². The number of halogens is 1. The van der Waals surface area contributed by atoms with E-state index in [1.54, 1.807) is 32.2 Å². The zero-order valence-electron chi connectivity index (χ0n) is 11.7. The van der Waals surface area contributed by atoms with Crippen molar-refractivity contribution in [3.63, 3.8) is 0 Å². The number of benzene rings is 1. The summed E-state index contributed by atoms with van der Waals surface area (Å²) in [6, 6.07) is 5.21. The molecule has 0 aromatic heterocycles. The van der Waals surface area contributed by atoms with Gasteiger partial charge in [0.25, 0.3) is 0 Å². The summed E-state index contributed by atoms with van der Waals surface area (Å²) >= 11 is 0. The van der Waals surface area contributed by atoms with E-state index >= 15 is 0 Å². The molecule has 0 radical (unpaired) electrons. The van der Waals surface area contributed by atoms with Crippen molar-refractivity contribution in [3.8, 4) is 5.75 Å². The normalized spacial score (nSPS) is 18.6. The van der Waals surface area contributed by atoms with Crippen LogP contribution in [0.25, 0.3) is 0 Å². The summed E-state index contributed by atoms with van der Waals surface area (Å²) in [6.07, 6.45) is 2.12. The molecule has 1 heterocycles. The average molecular weight is 321 g/mol. The topological polar surface area (TPSA) is 67.4 Å². The summed E-state index contributed by atoms with van der Waals surface area (Å²) < 4.78 is 32.2. The van der Waals surface area contributed by atoms with Gasteiger partial charge in [0.1, 0.15) is 5.75 Å². The minimum atomic E-state index is -3.45. The summed E-state index contributed by atoms with van der Waals surface area (Å²) in [4.78, 5) is 0.311. The lowest BCUT2D eigenvalue weighted by Crippen LogP contribution is -2.37. The lowest BCUT2D eigenvalue weighted by Gasteiger charge is -2.13. The maximum Gasteiger partial charge on any atom is 0.240 e. The van der Waals surface area contributed by atoms with E-state index in [-0.39, 0.29) is 18.4 Å². The first-order valence-corrected chi connectivity index (χ1v) is 7.89. The third-order valence-corrected chi connectivity index (χ3v) is 4.94. The van der Waals surface area contributed by atoms with Crippen LogP contribution in [0.3, 0.4) is 0 Å². The van der Waals surface area contributed by atoms with Crippen LogP contribution >= 0.6 is 12.4 Å². The molecule has 0 bridgehead atoms. The van der Waals surface area contributed by atoms with E-state index in [9.17, 15) is 8.42 Å². The van der Waals surface area contributed by atoms with Crippen molar-refractivity contribution >= 4 is 22.4 Å². The molecule has 114 valence electrons. The highest BCUT2D eigenvalue weighted by Crippen LogP contribution is 2.20. The Bertz CT molecular complexity index is 543. The number of aryl methyl sites for hydroxylation is 1. The predicted octanol–water partition coefficient (Wildman–Crippen LogP) is 1.46. The number of hydrogen-bond donors (Lipinski definition) is 2. The van der Waals surface area contributed by atoms with Gasteiger partial charge in [-0.3, -0.25) is 0 Å². The molecular weight excluding hydrogens is 300 g/mol. The first-order chi connectivity index (χ1) is 9.03. The van der Waals surface area contributed by atoms with Crippen LogP contribution < -0.4 is 14.8 Å². The van der Waals surface area contributed by atoms with E-state index in [4.69, 9.17) is 4.74 Å². The standard InChI is InChI=1S/C13H20N2O3S.ClH/c1-10-8-12(18-2)5-6-13(10)19(16,17)15-9-11-4-3-7-14-11;/h5-6,8,11,14-15H,3-4,7,9H2,1-2H3;1H. The lowest BCUT2D eigenvalue weighted by molar-refractivity contribution is 0.414. The lowest BCUT2D eigenvalue weighted by atomic mass is 10.2. The molecule has 1 fully saturated rings. The molecule has 1 aromatic rings. The molecule has 5 nitrogen and oxygen atoms in total. The largest absolute Gasteiger partial charge is 0.497 e. The summed E-state index contributed by atoms with van der Waals surface area (Å²) in [6.45, 7) is 3.17. The molecule has 0 amide bonds. The van der Waals surface area contributed by atoms with Crippen molar-refractivity contribution < 1.29 is 13.2 Å². The number of methoxy groups -OCH3 is 1. The van der Waals surface area contributed by atoms with Gasteiger partial charge in [-0.15, -0.1) is 12.4 Å². The number of nitrogens with one attached hydrogen (secondary N) is 2. The van der Waals surface area contributed by atoms with Gasteiger partial charge in [0, 0.05) is 12.6 Å². The Labute approximate surface area is 126 Å². The summed E-state index contributed by atoms with van der Waals surface area (Å²) in [5, 5.41) is 3.27. The minimum absolute atomic E-state index is 0. The molecule has 1 saturated heterocycles. The van der Waals surface area contributed by atoms with Crippen LogP contribution in [0.1, 0.15) is 18.4 Å². The van der Waals surface area contributed by atoms with Gasteiger partial charge >= 0.3 is 0 Å². The molecule has 7 heteroatoms. The molecule has 0 spiro atoms. The second kappa shape index (κ2) is 7.26. The molecule has 20 heavy (non-hydrogen) atoms. The number of rotatable bonds is 5. The average Bonchev–Trinajstić information content (AvgIpc) is 2.89. The molecular formula is C13H21ClN2O3S. The Morgan fingerprint density at radius 2 is 2.20 bits per heavy atom. The first kappa shape index (κ1) is 17.2. The number of sulfonamides is 1. The van der Waals surface area contributed by atoms with Gasteiger partial charge in [-0.05, 0) is 50.1 Å². The molecule has 2 N–H and O–H groups in total. The summed E-state index contributed by atoms with van der Waals surface area (Å²) in [5.41, 5.74) is 0.686. The highest BCUT2D eigenvalue weighted by atomic mass is 35.5.